The van der Waals surface area contributed by atoms with Crippen molar-refractivity contribution in [2.45, 2.75) is 19.9 Å². The van der Waals surface area contributed by atoms with E-state index in [-0.39, 0.29) is 5.91 Å². The lowest BCUT2D eigenvalue weighted by Crippen LogP contribution is -2.33. The highest BCUT2D eigenvalue weighted by molar-refractivity contribution is 6.42. The molecule has 3 rings (SSSR count). The molecule has 0 spiro atoms. The maximum absolute atomic E-state index is 12.3. The van der Waals surface area contributed by atoms with Crippen LogP contribution in [0.15, 0.2) is 78.9 Å². The van der Waals surface area contributed by atoms with Crippen LogP contribution >= 0.6 is 0 Å². The zero-order chi connectivity index (χ0) is 20.8. The standard InChI is InChI=1S/C24H22N2O3/c1-16-11-13-18(14-12-16)22(27)24(29)25-17(2)20-9-6-10-21(15-20)26-23(28)19-7-4-3-5-8-19/h3-15,17H,1-2H3,(H,25,29)(H,26,28). The Balaban J connectivity index is 1.66. The minimum Gasteiger partial charge on any atom is -0.343 e. The van der Waals surface area contributed by atoms with E-state index in [4.69, 9.17) is 0 Å². The van der Waals surface area contributed by atoms with E-state index in [9.17, 15) is 14.4 Å². The molecule has 5 heteroatoms. The fraction of sp³-hybridized carbons (Fsp3) is 0.125. The Labute approximate surface area is 169 Å². The quantitative estimate of drug-likeness (QED) is 0.490. The van der Waals surface area contributed by atoms with Gasteiger partial charge in [0, 0.05) is 16.8 Å². The summed E-state index contributed by atoms with van der Waals surface area (Å²) in [5, 5.41) is 5.56. The van der Waals surface area contributed by atoms with Crippen LogP contribution < -0.4 is 10.6 Å². The monoisotopic (exact) mass is 386 g/mol. The van der Waals surface area contributed by atoms with E-state index in [0.717, 1.165) is 11.1 Å². The minimum absolute atomic E-state index is 0.214. The van der Waals surface area contributed by atoms with Crippen LogP contribution in [-0.2, 0) is 4.79 Å². The molecule has 0 saturated carbocycles. The van der Waals surface area contributed by atoms with Crippen molar-refractivity contribution in [2.24, 2.45) is 0 Å². The molecule has 1 unspecified atom stereocenters. The van der Waals surface area contributed by atoms with Gasteiger partial charge in [-0.1, -0.05) is 60.2 Å². The van der Waals surface area contributed by atoms with Crippen molar-refractivity contribution < 1.29 is 14.4 Å². The molecule has 1 atom stereocenters. The summed E-state index contributed by atoms with van der Waals surface area (Å²) in [6.07, 6.45) is 0. The zero-order valence-electron chi connectivity index (χ0n) is 16.3. The highest BCUT2D eigenvalue weighted by Gasteiger charge is 2.19. The Kier molecular flexibility index (Phi) is 6.19. The highest BCUT2D eigenvalue weighted by atomic mass is 16.2. The number of benzene rings is 3. The van der Waals surface area contributed by atoms with Crippen LogP contribution in [0.1, 0.15) is 44.8 Å². The molecule has 0 aliphatic carbocycles. The number of carbonyl (C=O) groups excluding carboxylic acids is 3. The second kappa shape index (κ2) is 8.97. The van der Waals surface area contributed by atoms with Gasteiger partial charge in [-0.15, -0.1) is 0 Å². The second-order valence-electron chi connectivity index (χ2n) is 6.84. The van der Waals surface area contributed by atoms with Crippen LogP contribution in [0.25, 0.3) is 0 Å². The summed E-state index contributed by atoms with van der Waals surface area (Å²) >= 11 is 0. The smallest absolute Gasteiger partial charge is 0.292 e. The van der Waals surface area contributed by atoms with E-state index in [0.29, 0.717) is 16.8 Å². The van der Waals surface area contributed by atoms with Crippen LogP contribution in [0, 0.1) is 6.92 Å². The molecule has 0 saturated heterocycles. The molecule has 0 heterocycles. The first-order valence-corrected chi connectivity index (χ1v) is 9.32. The Morgan fingerprint density at radius 2 is 1.48 bits per heavy atom. The number of anilines is 1. The van der Waals surface area contributed by atoms with E-state index in [1.165, 1.54) is 0 Å². The fourth-order valence-corrected chi connectivity index (χ4v) is 2.86. The van der Waals surface area contributed by atoms with Gasteiger partial charge in [-0.2, -0.15) is 0 Å². The third-order valence-corrected chi connectivity index (χ3v) is 4.55. The van der Waals surface area contributed by atoms with Crippen molar-refractivity contribution in [3.8, 4) is 0 Å². The van der Waals surface area contributed by atoms with E-state index in [1.54, 1.807) is 73.7 Å². The van der Waals surface area contributed by atoms with Crippen molar-refractivity contribution in [3.05, 3.63) is 101 Å². The number of hydrogen-bond acceptors (Lipinski definition) is 3. The molecule has 29 heavy (non-hydrogen) atoms. The second-order valence-corrected chi connectivity index (χ2v) is 6.84. The van der Waals surface area contributed by atoms with E-state index in [2.05, 4.69) is 10.6 Å². The van der Waals surface area contributed by atoms with Crippen LogP contribution in [0.2, 0.25) is 0 Å². The van der Waals surface area contributed by atoms with Crippen LogP contribution in [0.5, 0.6) is 0 Å². The highest BCUT2D eigenvalue weighted by Crippen LogP contribution is 2.18. The third kappa shape index (κ3) is 5.17. The summed E-state index contributed by atoms with van der Waals surface area (Å²) in [6, 6.07) is 22.6. The van der Waals surface area contributed by atoms with Gasteiger partial charge in [-0.05, 0) is 43.7 Å². The molecular formula is C24H22N2O3. The number of nitrogens with one attached hydrogen (secondary N) is 2. The molecule has 2 N–H and O–H groups in total. The Morgan fingerprint density at radius 3 is 2.17 bits per heavy atom. The first kappa shape index (κ1) is 20.0. The molecule has 0 aliphatic heterocycles. The van der Waals surface area contributed by atoms with Gasteiger partial charge in [-0.3, -0.25) is 14.4 Å². The molecule has 3 aromatic rings. The average molecular weight is 386 g/mol. The lowest BCUT2D eigenvalue weighted by Gasteiger charge is -2.15. The molecular weight excluding hydrogens is 364 g/mol. The first-order chi connectivity index (χ1) is 13.9. The van der Waals surface area contributed by atoms with Crippen LogP contribution in [0.3, 0.4) is 0 Å². The number of rotatable bonds is 6. The van der Waals surface area contributed by atoms with Gasteiger partial charge in [-0.25, -0.2) is 0 Å². The predicted octanol–water partition coefficient (Wildman–Crippen LogP) is 4.31. The maximum Gasteiger partial charge on any atom is 0.292 e. The van der Waals surface area contributed by atoms with Gasteiger partial charge >= 0.3 is 0 Å². The minimum atomic E-state index is -0.667. The van der Waals surface area contributed by atoms with Crippen LogP contribution in [-0.4, -0.2) is 17.6 Å². The van der Waals surface area contributed by atoms with Crippen molar-refractivity contribution in [3.63, 3.8) is 0 Å². The molecule has 0 fully saturated rings. The van der Waals surface area contributed by atoms with Gasteiger partial charge in [0.05, 0.1) is 6.04 Å². The Bertz CT molecular complexity index is 1030. The van der Waals surface area contributed by atoms with Crippen molar-refractivity contribution in [2.75, 3.05) is 5.32 Å². The topological polar surface area (TPSA) is 75.3 Å². The van der Waals surface area contributed by atoms with E-state index in [1.807, 2.05) is 19.1 Å². The molecule has 0 aromatic heterocycles. The average Bonchev–Trinajstić information content (AvgIpc) is 2.74. The fourth-order valence-electron chi connectivity index (χ4n) is 2.86. The maximum atomic E-state index is 12.3. The van der Waals surface area contributed by atoms with Crippen molar-refractivity contribution >= 4 is 23.3 Å². The number of hydrogen-bond donors (Lipinski definition) is 2. The molecule has 146 valence electrons. The first-order valence-electron chi connectivity index (χ1n) is 9.32. The third-order valence-electron chi connectivity index (χ3n) is 4.55. The Morgan fingerprint density at radius 1 is 0.793 bits per heavy atom. The number of ketones is 1. The summed E-state index contributed by atoms with van der Waals surface area (Å²) in [4.78, 5) is 37.0. The summed E-state index contributed by atoms with van der Waals surface area (Å²) in [5.41, 5.74) is 3.32. The zero-order valence-corrected chi connectivity index (χ0v) is 16.3. The molecule has 5 nitrogen and oxygen atoms in total. The van der Waals surface area contributed by atoms with Crippen molar-refractivity contribution in [1.29, 1.82) is 0 Å². The lowest BCUT2D eigenvalue weighted by molar-refractivity contribution is -0.117. The van der Waals surface area contributed by atoms with Gasteiger partial charge in [0.15, 0.2) is 0 Å². The number of aryl methyl sites for hydroxylation is 1. The molecule has 0 radical (unpaired) electrons. The van der Waals surface area contributed by atoms with Crippen molar-refractivity contribution in [1.82, 2.24) is 5.32 Å². The van der Waals surface area contributed by atoms with E-state index < -0.39 is 17.7 Å². The Hall–Kier alpha value is -3.73. The molecule has 0 bridgehead atoms. The number of amides is 2. The summed E-state index contributed by atoms with van der Waals surface area (Å²) in [7, 11) is 0. The lowest BCUT2D eigenvalue weighted by atomic mass is 10.1. The molecule has 2 amide bonds. The van der Waals surface area contributed by atoms with Gasteiger partial charge in [0.1, 0.15) is 0 Å². The van der Waals surface area contributed by atoms with Gasteiger partial charge < -0.3 is 10.6 Å². The normalized spacial score (nSPS) is 11.4. The molecule has 0 aliphatic rings. The number of Topliss-reactive ketones (excluding diaryl/α,β-unsaturated/α-hetero) is 1. The summed E-state index contributed by atoms with van der Waals surface area (Å²) in [6.45, 7) is 3.71. The SMILES string of the molecule is Cc1ccc(C(=O)C(=O)NC(C)c2cccc(NC(=O)c3ccccc3)c2)cc1. The number of carbonyl (C=O) groups is 3. The summed E-state index contributed by atoms with van der Waals surface area (Å²) in [5.74, 6) is -1.46. The van der Waals surface area contributed by atoms with Gasteiger partial charge in [0.25, 0.3) is 11.8 Å². The predicted molar refractivity (Wildman–Crippen MR) is 113 cm³/mol. The summed E-state index contributed by atoms with van der Waals surface area (Å²) < 4.78 is 0. The van der Waals surface area contributed by atoms with Crippen LogP contribution in [0.4, 0.5) is 5.69 Å². The largest absolute Gasteiger partial charge is 0.343 e. The van der Waals surface area contributed by atoms with Gasteiger partial charge in [0.2, 0.25) is 5.78 Å². The molecule has 3 aromatic carbocycles. The van der Waals surface area contributed by atoms with E-state index >= 15 is 0 Å².